The van der Waals surface area contributed by atoms with Gasteiger partial charge in [0.25, 0.3) is 0 Å². The standard InChI is InChI=1S/C21H33NO3.C14H27NO2.2C11H23NO2.C11H23NO.6CH4/c1-20(2,3)14-17(23)10-11-22-19(24)13-16-8-7-9-18(12-16)25-15-21(4,5)6;1-13(2,3)9-11(16)7-8-15-12(17)10-14(4,5)6;2*1-10(2,3)7-12-9(13)14-8-11(4,5)6;1-10(2,3)7-9(13)12-8-11(4,5)6;;;;;;/h7-9,12H,10-11,13-15H2,1-6H3,(H,22,24);7-10H2,1-6H3,(H,15,17);2*7-8H2,1-6H3,(H,12,13);7-8H2,1-6H3,(H,12,13);6*1H4. The summed E-state index contributed by atoms with van der Waals surface area (Å²) in [6.45, 7) is 66.2. The molecule has 15 heteroatoms. The van der Waals surface area contributed by atoms with Gasteiger partial charge in [-0.25, -0.2) is 9.59 Å². The van der Waals surface area contributed by atoms with Crippen LogP contribution in [0.3, 0.4) is 0 Å². The molecule has 1 aromatic rings. The maximum absolute atomic E-state index is 12.0. The second-order valence-corrected chi connectivity index (χ2v) is 34.3. The Morgan fingerprint density at radius 2 is 0.629 bits per heavy atom. The molecular formula is C74H153N5O10. The van der Waals surface area contributed by atoms with Gasteiger partial charge < -0.3 is 40.8 Å². The molecule has 1 aromatic carbocycles. The van der Waals surface area contributed by atoms with Crippen LogP contribution >= 0.6 is 0 Å². The number of ketones is 2. The highest BCUT2D eigenvalue weighted by atomic mass is 16.6. The van der Waals surface area contributed by atoms with Crippen molar-refractivity contribution in [3.05, 3.63) is 29.8 Å². The summed E-state index contributed by atoms with van der Waals surface area (Å²) in [5.74, 6) is 1.29. The Bertz CT molecular complexity index is 1930. The molecule has 5 amide bonds. The van der Waals surface area contributed by atoms with Crippen LogP contribution in [-0.2, 0) is 39.9 Å². The van der Waals surface area contributed by atoms with Crippen LogP contribution in [-0.4, -0.2) is 94.0 Å². The Morgan fingerprint density at radius 3 is 0.921 bits per heavy atom. The van der Waals surface area contributed by atoms with Crippen molar-refractivity contribution in [2.45, 2.75) is 297 Å². The first-order valence-electron chi connectivity index (χ1n) is 30.1. The smallest absolute Gasteiger partial charge is 0.407 e. The Balaban J connectivity index is -0.000000110. The van der Waals surface area contributed by atoms with Crippen LogP contribution in [0.2, 0.25) is 0 Å². The molecule has 0 radical (unpaired) electrons. The number of Topliss-reactive ketones (excluding diaryl/α,β-unsaturated/α-hetero) is 2. The van der Waals surface area contributed by atoms with Gasteiger partial charge in [-0.1, -0.05) is 264 Å². The summed E-state index contributed by atoms with van der Waals surface area (Å²) in [5, 5.41) is 14.0. The van der Waals surface area contributed by atoms with Gasteiger partial charge >= 0.3 is 12.2 Å². The highest BCUT2D eigenvalue weighted by molar-refractivity contribution is 5.82. The SMILES string of the molecule is C.C.C.C.C.C.CC(C)(C)CC(=O)CCNC(=O)CC(C)(C)C.CC(C)(C)CNC(=O)CC(C)(C)C.CC(C)(C)CNC(=O)OCC(C)(C)C.CC(C)(C)CNC(=O)OCC(C)(C)C.CC(C)(C)COc1cccc(CC(=O)NCCC(=O)CC(C)(C)C)c1. The van der Waals surface area contributed by atoms with E-state index in [1.807, 2.05) is 128 Å². The maximum atomic E-state index is 12.0. The van der Waals surface area contributed by atoms with Gasteiger partial charge in [0.1, 0.15) is 17.3 Å². The van der Waals surface area contributed by atoms with Crippen LogP contribution in [0, 0.1) is 54.1 Å². The minimum atomic E-state index is -0.324. The van der Waals surface area contributed by atoms with E-state index in [1.165, 1.54) is 0 Å². The third kappa shape index (κ3) is 92.2. The number of ether oxygens (including phenoxy) is 3. The molecule has 0 heterocycles. The lowest BCUT2D eigenvalue weighted by Crippen LogP contribution is -2.34. The fourth-order valence-electron chi connectivity index (χ4n) is 6.13. The van der Waals surface area contributed by atoms with E-state index in [9.17, 15) is 33.6 Å². The van der Waals surface area contributed by atoms with Gasteiger partial charge in [0.15, 0.2) is 0 Å². The molecule has 0 aromatic heterocycles. The zero-order valence-electron chi connectivity index (χ0n) is 59.0. The van der Waals surface area contributed by atoms with E-state index in [2.05, 4.69) is 130 Å². The highest BCUT2D eigenvalue weighted by Gasteiger charge is 2.22. The van der Waals surface area contributed by atoms with Crippen molar-refractivity contribution in [3.63, 3.8) is 0 Å². The zero-order chi connectivity index (χ0) is 66.3. The second kappa shape index (κ2) is 47.2. The summed E-state index contributed by atoms with van der Waals surface area (Å²) in [6.07, 6.45) is 2.68. The molecule has 5 N–H and O–H groups in total. The number of benzene rings is 1. The van der Waals surface area contributed by atoms with Crippen LogP contribution in [0.1, 0.15) is 296 Å². The van der Waals surface area contributed by atoms with E-state index in [4.69, 9.17) is 14.2 Å². The topological polar surface area (TPSA) is 207 Å². The summed E-state index contributed by atoms with van der Waals surface area (Å²) in [4.78, 5) is 80.8. The molecule has 0 unspecified atom stereocenters. The molecule has 0 aliphatic carbocycles. The number of hydrogen-bond donors (Lipinski definition) is 5. The van der Waals surface area contributed by atoms with Crippen LogP contribution in [0.15, 0.2) is 24.3 Å². The first kappa shape index (κ1) is 106. The van der Waals surface area contributed by atoms with Gasteiger partial charge in [-0.3, -0.25) is 24.0 Å². The number of hydrogen-bond acceptors (Lipinski definition) is 10. The molecule has 0 bridgehead atoms. The van der Waals surface area contributed by atoms with Gasteiger partial charge in [0.2, 0.25) is 17.7 Å². The lowest BCUT2D eigenvalue weighted by Gasteiger charge is -2.21. The average Bonchev–Trinajstić information content (AvgIpc) is 3.22. The predicted molar refractivity (Wildman–Crippen MR) is 386 cm³/mol. The molecule has 0 atom stereocenters. The van der Waals surface area contributed by atoms with E-state index in [0.717, 1.165) is 17.9 Å². The van der Waals surface area contributed by atoms with Crippen molar-refractivity contribution in [1.29, 1.82) is 0 Å². The number of carbonyl (C=O) groups excluding carboxylic acids is 7. The predicted octanol–water partition coefficient (Wildman–Crippen LogP) is 19.1. The summed E-state index contributed by atoms with van der Waals surface area (Å²) in [5.41, 5.74) is 1.54. The molecule has 1 rings (SSSR count). The lowest BCUT2D eigenvalue weighted by molar-refractivity contribution is -0.124. The molecule has 89 heavy (non-hydrogen) atoms. The van der Waals surface area contributed by atoms with Crippen LogP contribution < -0.4 is 31.3 Å². The van der Waals surface area contributed by atoms with Crippen molar-refractivity contribution in [3.8, 4) is 5.75 Å². The quantitative estimate of drug-likeness (QED) is 0.0885. The lowest BCUT2D eigenvalue weighted by atomic mass is 9.89. The summed E-state index contributed by atoms with van der Waals surface area (Å²) in [6, 6.07) is 7.61. The van der Waals surface area contributed by atoms with E-state index in [1.54, 1.807) is 0 Å². The summed E-state index contributed by atoms with van der Waals surface area (Å²) < 4.78 is 15.9. The number of nitrogens with one attached hydrogen (secondary N) is 5. The molecule has 0 spiro atoms. The molecule has 534 valence electrons. The van der Waals surface area contributed by atoms with Crippen molar-refractivity contribution in [2.24, 2.45) is 54.1 Å². The Hall–Kier alpha value is -4.69. The molecule has 0 aliphatic rings. The van der Waals surface area contributed by atoms with Gasteiger partial charge in [-0.15, -0.1) is 0 Å². The molecular weight excluding hydrogens is 1120 g/mol. The largest absolute Gasteiger partial charge is 0.493 e. The molecule has 15 nitrogen and oxygen atoms in total. The number of rotatable bonds is 19. The monoisotopic (exact) mass is 1270 g/mol. The van der Waals surface area contributed by atoms with E-state index in [-0.39, 0.29) is 140 Å². The van der Waals surface area contributed by atoms with Crippen LogP contribution in [0.4, 0.5) is 9.59 Å². The van der Waals surface area contributed by atoms with Crippen molar-refractivity contribution >= 4 is 41.5 Å². The third-order valence-electron chi connectivity index (χ3n) is 9.84. The summed E-state index contributed by atoms with van der Waals surface area (Å²) in [7, 11) is 0. The molecule has 0 saturated heterocycles. The van der Waals surface area contributed by atoms with E-state index < -0.39 is 0 Å². The van der Waals surface area contributed by atoms with Gasteiger partial charge in [0.05, 0.1) is 26.2 Å². The van der Waals surface area contributed by atoms with Crippen LogP contribution in [0.5, 0.6) is 5.75 Å². The molecule has 0 aliphatic heterocycles. The highest BCUT2D eigenvalue weighted by Crippen LogP contribution is 2.23. The third-order valence-corrected chi connectivity index (χ3v) is 9.84. The Morgan fingerprint density at radius 1 is 0.337 bits per heavy atom. The van der Waals surface area contributed by atoms with E-state index >= 15 is 0 Å². The fraction of sp³-hybridized carbons (Fsp3) is 0.824. The molecule has 0 saturated carbocycles. The van der Waals surface area contributed by atoms with Crippen molar-refractivity contribution < 1.29 is 47.8 Å². The molecule has 0 fully saturated rings. The Labute approximate surface area is 553 Å². The average molecular weight is 1270 g/mol. The van der Waals surface area contributed by atoms with Gasteiger partial charge in [0, 0.05) is 71.2 Å². The zero-order valence-corrected chi connectivity index (χ0v) is 59.0. The van der Waals surface area contributed by atoms with E-state index in [0.29, 0.717) is 90.9 Å². The minimum absolute atomic E-state index is 0. The van der Waals surface area contributed by atoms with Gasteiger partial charge in [-0.05, 0) is 71.8 Å². The first-order chi connectivity index (χ1) is 36.7. The van der Waals surface area contributed by atoms with Gasteiger partial charge in [-0.2, -0.15) is 0 Å². The first-order valence-corrected chi connectivity index (χ1v) is 30.1. The van der Waals surface area contributed by atoms with Crippen LogP contribution in [0.25, 0.3) is 0 Å². The van der Waals surface area contributed by atoms with Crippen molar-refractivity contribution in [2.75, 3.05) is 52.5 Å². The Kier molecular flexibility index (Phi) is 56.2. The van der Waals surface area contributed by atoms with Crippen molar-refractivity contribution in [1.82, 2.24) is 26.6 Å². The number of amides is 5. The fourth-order valence-corrected chi connectivity index (χ4v) is 6.13. The normalized spacial score (nSPS) is 11.5. The number of alkyl carbamates (subject to hydrolysis) is 2. The summed E-state index contributed by atoms with van der Waals surface area (Å²) >= 11 is 0. The second-order valence-electron chi connectivity index (χ2n) is 34.3. The number of carbonyl (C=O) groups is 7. The minimum Gasteiger partial charge on any atom is -0.493 e. The maximum Gasteiger partial charge on any atom is 0.407 e.